The number of rotatable bonds is 6. The highest BCUT2D eigenvalue weighted by molar-refractivity contribution is 5.94. The Morgan fingerprint density at radius 1 is 1.26 bits per heavy atom. The highest BCUT2D eigenvalue weighted by atomic mass is 16.6. The lowest BCUT2D eigenvalue weighted by Gasteiger charge is -2.07. The molecule has 2 aromatic rings. The minimum Gasteiger partial charge on any atom is -0.484 e. The average molecular weight is 319 g/mol. The van der Waals surface area contributed by atoms with Crippen molar-refractivity contribution in [3.8, 4) is 5.75 Å². The first-order chi connectivity index (χ1) is 11.0. The van der Waals surface area contributed by atoms with Gasteiger partial charge in [0, 0.05) is 6.07 Å². The molecule has 2 rings (SSSR count). The van der Waals surface area contributed by atoms with E-state index in [4.69, 9.17) is 9.15 Å². The van der Waals surface area contributed by atoms with Gasteiger partial charge in [0.25, 0.3) is 11.6 Å². The summed E-state index contributed by atoms with van der Waals surface area (Å²) < 4.78 is 10.1. The highest BCUT2D eigenvalue weighted by Gasteiger charge is 2.10. The summed E-state index contributed by atoms with van der Waals surface area (Å²) in [5.74, 6) is 0.0132. The molecule has 0 aliphatic rings. The summed E-state index contributed by atoms with van der Waals surface area (Å²) in [7, 11) is 0. The Kier molecular flexibility index (Phi) is 5.29. The lowest BCUT2D eigenvalue weighted by atomic mass is 10.3. The molecule has 0 saturated heterocycles. The van der Waals surface area contributed by atoms with Crippen molar-refractivity contribution >= 4 is 17.6 Å². The molecule has 1 aromatic heterocycles. The molecule has 3 amide bonds. The van der Waals surface area contributed by atoms with Gasteiger partial charge in [0.05, 0.1) is 23.8 Å². The van der Waals surface area contributed by atoms with E-state index in [0.717, 1.165) is 0 Å². The summed E-state index contributed by atoms with van der Waals surface area (Å²) in [6, 6.07) is 8.03. The van der Waals surface area contributed by atoms with Crippen LogP contribution in [0, 0.1) is 10.1 Å². The third kappa shape index (κ3) is 5.16. The van der Waals surface area contributed by atoms with Crippen molar-refractivity contribution in [3.05, 3.63) is 58.5 Å². The minimum absolute atomic E-state index is 0.137. The molecule has 0 radical (unpaired) electrons. The number of hydrogen-bond acceptors (Lipinski definition) is 6. The molecule has 0 fully saturated rings. The fraction of sp³-hybridized carbons (Fsp3) is 0.143. The van der Waals surface area contributed by atoms with Gasteiger partial charge >= 0.3 is 6.03 Å². The molecular formula is C14H13N3O6. The van der Waals surface area contributed by atoms with E-state index in [0.29, 0.717) is 5.76 Å². The lowest BCUT2D eigenvalue weighted by molar-refractivity contribution is -0.384. The van der Waals surface area contributed by atoms with Gasteiger partial charge in [-0.25, -0.2) is 4.79 Å². The zero-order valence-electron chi connectivity index (χ0n) is 11.9. The van der Waals surface area contributed by atoms with E-state index < -0.39 is 23.5 Å². The van der Waals surface area contributed by atoms with Gasteiger partial charge < -0.3 is 14.5 Å². The number of carbonyl (C=O) groups is 2. The fourth-order valence-electron chi connectivity index (χ4n) is 1.62. The van der Waals surface area contributed by atoms with Crippen molar-refractivity contribution in [2.24, 2.45) is 0 Å². The van der Waals surface area contributed by atoms with Crippen LogP contribution < -0.4 is 15.4 Å². The molecule has 0 unspecified atom stereocenters. The maximum Gasteiger partial charge on any atom is 0.321 e. The van der Waals surface area contributed by atoms with E-state index in [9.17, 15) is 19.7 Å². The lowest BCUT2D eigenvalue weighted by Crippen LogP contribution is -2.41. The summed E-state index contributed by atoms with van der Waals surface area (Å²) >= 11 is 0. The summed E-state index contributed by atoms with van der Waals surface area (Å²) in [5, 5.41) is 15.1. The van der Waals surface area contributed by atoms with E-state index in [-0.39, 0.29) is 18.0 Å². The van der Waals surface area contributed by atoms with E-state index in [1.807, 2.05) is 0 Å². The number of nitro benzene ring substituents is 1. The molecule has 0 aliphatic carbocycles. The SMILES string of the molecule is O=C(COc1cccc([N+](=O)[O-])c1)NC(=O)NCc1ccco1. The van der Waals surface area contributed by atoms with Crippen LogP contribution in [-0.2, 0) is 11.3 Å². The first-order valence-corrected chi connectivity index (χ1v) is 6.52. The maximum absolute atomic E-state index is 11.6. The monoisotopic (exact) mass is 319 g/mol. The second-order valence-electron chi connectivity index (χ2n) is 4.35. The van der Waals surface area contributed by atoms with Crippen LogP contribution >= 0.6 is 0 Å². The van der Waals surface area contributed by atoms with Crippen molar-refractivity contribution in [2.75, 3.05) is 6.61 Å². The third-order valence-corrected chi connectivity index (χ3v) is 2.65. The second kappa shape index (κ2) is 7.59. The second-order valence-corrected chi connectivity index (χ2v) is 4.35. The number of hydrogen-bond donors (Lipinski definition) is 2. The van der Waals surface area contributed by atoms with Crippen LogP contribution in [0.25, 0.3) is 0 Å². The Bertz CT molecular complexity index is 698. The van der Waals surface area contributed by atoms with Gasteiger partial charge in [0.2, 0.25) is 0 Å². The number of non-ortho nitro benzene ring substituents is 1. The van der Waals surface area contributed by atoms with E-state index in [1.54, 1.807) is 12.1 Å². The number of imide groups is 1. The quantitative estimate of drug-likeness (QED) is 0.615. The normalized spacial score (nSPS) is 9.91. The molecule has 0 spiro atoms. The first-order valence-electron chi connectivity index (χ1n) is 6.52. The number of urea groups is 1. The standard InChI is InChI=1S/C14H13N3O6/c18-13(16-14(19)15-8-12-5-2-6-22-12)9-23-11-4-1-3-10(7-11)17(20)21/h1-7H,8-9H2,(H2,15,16,18,19). The molecule has 23 heavy (non-hydrogen) atoms. The topological polar surface area (TPSA) is 124 Å². The van der Waals surface area contributed by atoms with E-state index >= 15 is 0 Å². The molecule has 9 heteroatoms. The smallest absolute Gasteiger partial charge is 0.321 e. The van der Waals surface area contributed by atoms with E-state index in [2.05, 4.69) is 10.6 Å². The number of furan rings is 1. The molecular weight excluding hydrogens is 306 g/mol. The van der Waals surface area contributed by atoms with Crippen LogP contribution in [0.3, 0.4) is 0 Å². The Labute approximate surface area is 130 Å². The molecule has 1 aromatic carbocycles. The number of nitro groups is 1. The van der Waals surface area contributed by atoms with Gasteiger partial charge in [0.1, 0.15) is 11.5 Å². The average Bonchev–Trinajstić information content (AvgIpc) is 3.04. The van der Waals surface area contributed by atoms with Gasteiger partial charge in [-0.3, -0.25) is 20.2 Å². The first kappa shape index (κ1) is 16.0. The van der Waals surface area contributed by atoms with Crippen molar-refractivity contribution in [1.82, 2.24) is 10.6 Å². The third-order valence-electron chi connectivity index (χ3n) is 2.65. The summed E-state index contributed by atoms with van der Waals surface area (Å²) in [6.07, 6.45) is 1.47. The number of nitrogens with one attached hydrogen (secondary N) is 2. The molecule has 1 heterocycles. The molecule has 0 atom stereocenters. The van der Waals surface area contributed by atoms with E-state index in [1.165, 1.54) is 30.5 Å². The van der Waals surface area contributed by atoms with Crippen LogP contribution in [0.5, 0.6) is 5.75 Å². The molecule has 0 aliphatic heterocycles. The van der Waals surface area contributed by atoms with Crippen molar-refractivity contribution in [3.63, 3.8) is 0 Å². The highest BCUT2D eigenvalue weighted by Crippen LogP contribution is 2.18. The Hall–Kier alpha value is -3.36. The van der Waals surface area contributed by atoms with Crippen LogP contribution in [0.15, 0.2) is 47.1 Å². The fourth-order valence-corrected chi connectivity index (χ4v) is 1.62. The van der Waals surface area contributed by atoms with Crippen molar-refractivity contribution in [1.29, 1.82) is 0 Å². The summed E-state index contributed by atoms with van der Waals surface area (Å²) in [4.78, 5) is 33.1. The Morgan fingerprint density at radius 3 is 2.78 bits per heavy atom. The number of nitrogens with zero attached hydrogens (tertiary/aromatic N) is 1. The van der Waals surface area contributed by atoms with Crippen LogP contribution in [-0.4, -0.2) is 23.5 Å². The van der Waals surface area contributed by atoms with Gasteiger partial charge in [0.15, 0.2) is 6.61 Å². The minimum atomic E-state index is -0.700. The molecule has 9 nitrogen and oxygen atoms in total. The Morgan fingerprint density at radius 2 is 2.09 bits per heavy atom. The molecule has 0 saturated carbocycles. The summed E-state index contributed by atoms with van der Waals surface area (Å²) in [6.45, 7) is -0.312. The van der Waals surface area contributed by atoms with Gasteiger partial charge in [-0.2, -0.15) is 0 Å². The van der Waals surface area contributed by atoms with Gasteiger partial charge in [-0.05, 0) is 18.2 Å². The predicted molar refractivity (Wildman–Crippen MR) is 77.7 cm³/mol. The van der Waals surface area contributed by atoms with Crippen LogP contribution in [0.2, 0.25) is 0 Å². The van der Waals surface area contributed by atoms with Crippen LogP contribution in [0.1, 0.15) is 5.76 Å². The summed E-state index contributed by atoms with van der Waals surface area (Å²) in [5.41, 5.74) is -0.154. The molecule has 0 bridgehead atoms. The maximum atomic E-state index is 11.6. The largest absolute Gasteiger partial charge is 0.484 e. The number of carbonyl (C=O) groups excluding carboxylic acids is 2. The zero-order chi connectivity index (χ0) is 16.7. The Balaban J connectivity index is 1.75. The zero-order valence-corrected chi connectivity index (χ0v) is 11.9. The number of benzene rings is 1. The van der Waals surface area contributed by atoms with Crippen molar-refractivity contribution in [2.45, 2.75) is 6.54 Å². The van der Waals surface area contributed by atoms with Crippen LogP contribution in [0.4, 0.5) is 10.5 Å². The number of ether oxygens (including phenoxy) is 1. The van der Waals surface area contributed by atoms with Gasteiger partial charge in [-0.1, -0.05) is 6.07 Å². The van der Waals surface area contributed by atoms with Gasteiger partial charge in [-0.15, -0.1) is 0 Å². The predicted octanol–water partition coefficient (Wildman–Crippen LogP) is 1.59. The molecule has 2 N–H and O–H groups in total. The van der Waals surface area contributed by atoms with Crippen molar-refractivity contribution < 1.29 is 23.7 Å². The number of amides is 3. The molecule has 120 valence electrons.